The molecule has 0 saturated carbocycles. The van der Waals surface area contributed by atoms with Crippen molar-refractivity contribution < 1.29 is 14.4 Å². The summed E-state index contributed by atoms with van der Waals surface area (Å²) in [7, 11) is 0. The van der Waals surface area contributed by atoms with E-state index in [1.165, 1.54) is 4.68 Å². The summed E-state index contributed by atoms with van der Waals surface area (Å²) < 4.78 is 2.17. The van der Waals surface area contributed by atoms with Crippen LogP contribution in [0.2, 0.25) is 5.02 Å². The van der Waals surface area contributed by atoms with Gasteiger partial charge in [-0.1, -0.05) is 34.5 Å². The van der Waals surface area contributed by atoms with Crippen LogP contribution in [0, 0.1) is 0 Å². The molecule has 0 aliphatic carbocycles. The van der Waals surface area contributed by atoms with Crippen LogP contribution in [-0.2, 0) is 9.59 Å². The number of anilines is 1. The van der Waals surface area contributed by atoms with Crippen molar-refractivity contribution in [3.8, 4) is 0 Å². The maximum absolute atomic E-state index is 12.9. The smallest absolute Gasteiger partial charge is 0.328 e. The molecule has 0 spiro atoms. The van der Waals surface area contributed by atoms with Crippen LogP contribution < -0.4 is 16.1 Å². The summed E-state index contributed by atoms with van der Waals surface area (Å²) in [4.78, 5) is 37.5. The summed E-state index contributed by atoms with van der Waals surface area (Å²) in [5.41, 5.74) is 3.78. The Morgan fingerprint density at radius 3 is 2.43 bits per heavy atom. The van der Waals surface area contributed by atoms with Crippen molar-refractivity contribution in [2.75, 3.05) is 10.7 Å². The Morgan fingerprint density at radius 2 is 1.77 bits per heavy atom. The highest BCUT2D eigenvalue weighted by molar-refractivity contribution is 9.10. The molecule has 0 aliphatic heterocycles. The second-order valence-electron chi connectivity index (χ2n) is 6.75. The third-order valence-corrected chi connectivity index (χ3v) is 5.27. The fraction of sp³-hybridized carbons (Fsp3) is 0.190. The Morgan fingerprint density at radius 1 is 1.07 bits per heavy atom. The normalized spacial score (nSPS) is 11.7. The second kappa shape index (κ2) is 9.32. The summed E-state index contributed by atoms with van der Waals surface area (Å²) in [5, 5.41) is 6.51. The number of benzene rings is 2. The zero-order valence-corrected chi connectivity index (χ0v) is 18.7. The second-order valence-corrected chi connectivity index (χ2v) is 8.10. The molecule has 0 saturated heterocycles. The summed E-state index contributed by atoms with van der Waals surface area (Å²) >= 11 is 9.41. The van der Waals surface area contributed by atoms with E-state index in [4.69, 9.17) is 11.6 Å². The Hall–Kier alpha value is -2.84. The maximum Gasteiger partial charge on any atom is 0.328 e. The number of carbonyl (C=O) groups is 3. The molecule has 7 nitrogen and oxygen atoms in total. The Bertz CT molecular complexity index is 1110. The number of nitrogens with zero attached hydrogens (tertiary/aromatic N) is 1. The number of hydrogen-bond donors (Lipinski definition) is 3. The van der Waals surface area contributed by atoms with Gasteiger partial charge in [-0.3, -0.25) is 19.8 Å². The molecule has 0 unspecified atom stereocenters. The van der Waals surface area contributed by atoms with Crippen molar-refractivity contribution in [2.24, 2.45) is 0 Å². The van der Waals surface area contributed by atoms with Crippen LogP contribution in [0.4, 0.5) is 5.69 Å². The van der Waals surface area contributed by atoms with Gasteiger partial charge in [0.1, 0.15) is 5.69 Å². The van der Waals surface area contributed by atoms with E-state index in [9.17, 15) is 14.4 Å². The molecule has 3 N–H and O–H groups in total. The number of rotatable bonds is 5. The van der Waals surface area contributed by atoms with Gasteiger partial charge in [0.15, 0.2) is 0 Å². The van der Waals surface area contributed by atoms with Crippen LogP contribution in [0.15, 0.2) is 53.0 Å². The first-order valence-electron chi connectivity index (χ1n) is 9.28. The van der Waals surface area contributed by atoms with Crippen molar-refractivity contribution in [3.63, 3.8) is 0 Å². The number of hydrogen-bond acceptors (Lipinski definition) is 3. The number of amides is 3. The molecule has 0 bridgehead atoms. The number of fused-ring (bicyclic) bond motifs is 1. The van der Waals surface area contributed by atoms with E-state index in [-0.39, 0.29) is 11.7 Å². The largest absolute Gasteiger partial charge is 0.345 e. The highest BCUT2D eigenvalue weighted by Crippen LogP contribution is 2.24. The lowest BCUT2D eigenvalue weighted by Gasteiger charge is -2.14. The van der Waals surface area contributed by atoms with Crippen molar-refractivity contribution in [1.82, 2.24) is 9.99 Å². The molecule has 30 heavy (non-hydrogen) atoms. The van der Waals surface area contributed by atoms with Crippen molar-refractivity contribution in [2.45, 2.75) is 26.3 Å². The van der Waals surface area contributed by atoms with Gasteiger partial charge in [0.05, 0.1) is 5.52 Å². The van der Waals surface area contributed by atoms with E-state index in [0.29, 0.717) is 28.0 Å². The van der Waals surface area contributed by atoms with E-state index in [2.05, 4.69) is 32.0 Å². The molecule has 1 atom stereocenters. The van der Waals surface area contributed by atoms with Gasteiger partial charge in [-0.15, -0.1) is 0 Å². The molecule has 0 fully saturated rings. The minimum Gasteiger partial charge on any atom is -0.345 e. The van der Waals surface area contributed by atoms with Crippen LogP contribution in [0.3, 0.4) is 0 Å². The zero-order valence-electron chi connectivity index (χ0n) is 16.3. The first-order chi connectivity index (χ1) is 14.3. The Labute approximate surface area is 186 Å². The predicted molar refractivity (Wildman–Crippen MR) is 121 cm³/mol. The standard InChI is InChI=1S/C21H20BrClN4O3/c1-3-12(2)24-20(29)21(30)26-27-17-9-6-15(23)10-13(17)11-18(27)19(28)25-16-7-4-14(22)5-8-16/h4-12H,3H2,1-2H3,(H,24,29)(H,25,28)(H,26,30)/t12-/m1/s1. The molecule has 3 rings (SSSR count). The average molecular weight is 492 g/mol. The molecule has 0 radical (unpaired) electrons. The number of halogens is 2. The molecule has 2 aromatic carbocycles. The topological polar surface area (TPSA) is 92.2 Å². The van der Waals surface area contributed by atoms with E-state index < -0.39 is 17.7 Å². The van der Waals surface area contributed by atoms with E-state index in [1.807, 2.05) is 6.92 Å². The number of aromatic nitrogens is 1. The van der Waals surface area contributed by atoms with Crippen molar-refractivity contribution >= 4 is 61.8 Å². The molecule has 1 heterocycles. The molecule has 1 aromatic heterocycles. The summed E-state index contributed by atoms with van der Waals surface area (Å²) in [6.45, 7) is 3.70. The highest BCUT2D eigenvalue weighted by Gasteiger charge is 2.21. The molecule has 156 valence electrons. The fourth-order valence-electron chi connectivity index (χ4n) is 2.75. The van der Waals surface area contributed by atoms with Crippen molar-refractivity contribution in [3.05, 3.63) is 63.7 Å². The summed E-state index contributed by atoms with van der Waals surface area (Å²) in [6.07, 6.45) is 0.685. The van der Waals surface area contributed by atoms with Gasteiger partial charge in [0.25, 0.3) is 5.91 Å². The monoisotopic (exact) mass is 490 g/mol. The molecule has 3 aromatic rings. The lowest BCUT2D eigenvalue weighted by molar-refractivity contribution is -0.137. The number of nitrogens with one attached hydrogen (secondary N) is 3. The Balaban J connectivity index is 1.93. The van der Waals surface area contributed by atoms with Crippen LogP contribution in [0.25, 0.3) is 10.9 Å². The van der Waals surface area contributed by atoms with Gasteiger partial charge in [-0.05, 0) is 61.9 Å². The predicted octanol–water partition coefficient (Wildman–Crippen LogP) is 4.29. The van der Waals surface area contributed by atoms with Gasteiger partial charge < -0.3 is 10.6 Å². The Kier molecular flexibility index (Phi) is 6.79. The number of carbonyl (C=O) groups excluding carboxylic acids is 3. The minimum absolute atomic E-state index is 0.149. The van der Waals surface area contributed by atoms with Crippen LogP contribution in [-0.4, -0.2) is 28.4 Å². The third kappa shape index (κ3) is 5.01. The lowest BCUT2D eigenvalue weighted by Crippen LogP contribution is -2.43. The average Bonchev–Trinajstić information content (AvgIpc) is 3.06. The van der Waals surface area contributed by atoms with E-state index in [0.717, 1.165) is 4.47 Å². The van der Waals surface area contributed by atoms with Gasteiger partial charge in [0.2, 0.25) is 0 Å². The van der Waals surface area contributed by atoms with Crippen LogP contribution in [0.1, 0.15) is 30.8 Å². The molecular formula is C21H20BrClN4O3. The van der Waals surface area contributed by atoms with Gasteiger partial charge in [-0.25, -0.2) is 4.68 Å². The van der Waals surface area contributed by atoms with Gasteiger partial charge in [0, 0.05) is 26.6 Å². The quantitative estimate of drug-likeness (QED) is 0.465. The zero-order chi connectivity index (χ0) is 21.8. The first kappa shape index (κ1) is 21.9. The summed E-state index contributed by atoms with van der Waals surface area (Å²) in [5.74, 6) is -2.10. The van der Waals surface area contributed by atoms with Crippen LogP contribution >= 0.6 is 27.5 Å². The molecule has 3 amide bonds. The van der Waals surface area contributed by atoms with Gasteiger partial charge >= 0.3 is 11.8 Å². The molecule has 0 aliphatic rings. The summed E-state index contributed by atoms with van der Waals surface area (Å²) in [6, 6.07) is 13.5. The van der Waals surface area contributed by atoms with Crippen molar-refractivity contribution in [1.29, 1.82) is 0 Å². The molecule has 9 heteroatoms. The lowest BCUT2D eigenvalue weighted by atomic mass is 10.2. The molecular weight excluding hydrogens is 472 g/mol. The van der Waals surface area contributed by atoms with E-state index in [1.54, 1.807) is 55.5 Å². The van der Waals surface area contributed by atoms with Crippen LogP contribution in [0.5, 0.6) is 0 Å². The first-order valence-corrected chi connectivity index (χ1v) is 10.5. The SMILES string of the molecule is CC[C@@H](C)NC(=O)C(=O)Nn1c(C(=O)Nc2ccc(Br)cc2)cc2cc(Cl)ccc21. The maximum atomic E-state index is 12.9. The van der Waals surface area contributed by atoms with Gasteiger partial charge in [-0.2, -0.15) is 0 Å². The third-order valence-electron chi connectivity index (χ3n) is 4.51. The fourth-order valence-corrected chi connectivity index (χ4v) is 3.19. The van der Waals surface area contributed by atoms with E-state index >= 15 is 0 Å². The minimum atomic E-state index is -0.875. The highest BCUT2D eigenvalue weighted by atomic mass is 79.9.